The standard InChI is InChI=1S/C9H14F3NO5/c1-16-7(14)5-13(6-8(15)17-2)3-4-18-9(10,11)12/h3-6H2,1-2H3. The quantitative estimate of drug-likeness (QED) is 0.616. The van der Waals surface area contributed by atoms with Crippen LogP contribution in [0.5, 0.6) is 0 Å². The van der Waals surface area contributed by atoms with Gasteiger partial charge in [0, 0.05) is 6.54 Å². The molecule has 0 saturated carbocycles. The molecule has 0 aliphatic rings. The molecule has 0 aromatic carbocycles. The first-order chi connectivity index (χ1) is 8.28. The van der Waals surface area contributed by atoms with E-state index in [1.165, 1.54) is 0 Å². The Balaban J connectivity index is 4.20. The van der Waals surface area contributed by atoms with Crippen molar-refractivity contribution in [2.24, 2.45) is 0 Å². The second-order valence-electron chi connectivity index (χ2n) is 3.16. The molecule has 0 spiro atoms. The minimum Gasteiger partial charge on any atom is -0.468 e. The van der Waals surface area contributed by atoms with Gasteiger partial charge in [-0.25, -0.2) is 0 Å². The zero-order valence-electron chi connectivity index (χ0n) is 9.95. The summed E-state index contributed by atoms with van der Waals surface area (Å²) in [4.78, 5) is 23.1. The highest BCUT2D eigenvalue weighted by atomic mass is 19.4. The highest BCUT2D eigenvalue weighted by Gasteiger charge is 2.29. The normalized spacial score (nSPS) is 11.4. The molecular weight excluding hydrogens is 259 g/mol. The number of halogens is 3. The highest BCUT2D eigenvalue weighted by Crippen LogP contribution is 2.15. The number of rotatable bonds is 7. The summed E-state index contributed by atoms with van der Waals surface area (Å²) in [7, 11) is 2.26. The van der Waals surface area contributed by atoms with Crippen LogP contribution < -0.4 is 0 Å². The fourth-order valence-electron chi connectivity index (χ4n) is 0.999. The molecule has 0 aliphatic carbocycles. The van der Waals surface area contributed by atoms with Crippen LogP contribution in [0, 0.1) is 0 Å². The molecule has 0 unspecified atom stereocenters. The van der Waals surface area contributed by atoms with E-state index in [2.05, 4.69) is 14.2 Å². The third kappa shape index (κ3) is 8.76. The summed E-state index contributed by atoms with van der Waals surface area (Å²) in [6.45, 7) is -1.61. The third-order valence-electron chi connectivity index (χ3n) is 1.83. The Morgan fingerprint density at radius 1 is 1.06 bits per heavy atom. The number of esters is 2. The molecule has 6 nitrogen and oxygen atoms in total. The molecular formula is C9H14F3NO5. The predicted molar refractivity (Wildman–Crippen MR) is 52.5 cm³/mol. The molecule has 0 amide bonds. The van der Waals surface area contributed by atoms with Crippen LogP contribution in [0.15, 0.2) is 0 Å². The molecule has 0 N–H and O–H groups in total. The lowest BCUT2D eigenvalue weighted by molar-refractivity contribution is -0.324. The van der Waals surface area contributed by atoms with Gasteiger partial charge >= 0.3 is 18.3 Å². The van der Waals surface area contributed by atoms with E-state index in [-0.39, 0.29) is 19.6 Å². The number of nitrogens with zero attached hydrogens (tertiary/aromatic N) is 1. The number of carbonyl (C=O) groups is 2. The fraction of sp³-hybridized carbons (Fsp3) is 0.778. The van der Waals surface area contributed by atoms with E-state index in [0.29, 0.717) is 0 Å². The van der Waals surface area contributed by atoms with Gasteiger partial charge in [-0.1, -0.05) is 0 Å². The molecule has 0 fully saturated rings. The smallest absolute Gasteiger partial charge is 0.468 e. The Kier molecular flexibility index (Phi) is 7.29. The van der Waals surface area contributed by atoms with Gasteiger partial charge < -0.3 is 9.47 Å². The third-order valence-corrected chi connectivity index (χ3v) is 1.83. The molecule has 0 aromatic rings. The monoisotopic (exact) mass is 273 g/mol. The largest absolute Gasteiger partial charge is 0.522 e. The number of hydrogen-bond acceptors (Lipinski definition) is 6. The summed E-state index contributed by atoms with van der Waals surface area (Å²) >= 11 is 0. The summed E-state index contributed by atoms with van der Waals surface area (Å²) in [5.41, 5.74) is 0. The average Bonchev–Trinajstić information content (AvgIpc) is 2.26. The Morgan fingerprint density at radius 3 is 1.83 bits per heavy atom. The van der Waals surface area contributed by atoms with Gasteiger partial charge in [-0.15, -0.1) is 13.2 Å². The van der Waals surface area contributed by atoms with Crippen molar-refractivity contribution in [1.82, 2.24) is 4.90 Å². The second-order valence-corrected chi connectivity index (χ2v) is 3.16. The van der Waals surface area contributed by atoms with Crippen LogP contribution in [0.2, 0.25) is 0 Å². The van der Waals surface area contributed by atoms with E-state index in [0.717, 1.165) is 19.1 Å². The Bertz CT molecular complexity index is 264. The first-order valence-electron chi connectivity index (χ1n) is 4.85. The summed E-state index contributed by atoms with van der Waals surface area (Å²) in [5.74, 6) is -1.35. The molecule has 0 aromatic heterocycles. The number of ether oxygens (including phenoxy) is 3. The predicted octanol–water partition coefficient (Wildman–Crippen LogP) is 0.171. The maximum Gasteiger partial charge on any atom is 0.522 e. The molecule has 106 valence electrons. The van der Waals surface area contributed by atoms with Gasteiger partial charge in [0.2, 0.25) is 0 Å². The van der Waals surface area contributed by atoms with Crippen LogP contribution in [-0.4, -0.2) is 63.7 Å². The van der Waals surface area contributed by atoms with Gasteiger partial charge in [-0.05, 0) is 0 Å². The topological polar surface area (TPSA) is 65.1 Å². The molecule has 0 radical (unpaired) electrons. The number of carbonyl (C=O) groups excluding carboxylic acids is 2. The molecule has 18 heavy (non-hydrogen) atoms. The number of alkyl halides is 3. The summed E-state index contributed by atoms with van der Waals surface area (Å²) in [6.07, 6.45) is -4.75. The van der Waals surface area contributed by atoms with Crippen molar-refractivity contribution in [2.75, 3.05) is 40.5 Å². The van der Waals surface area contributed by atoms with Crippen molar-refractivity contribution >= 4 is 11.9 Å². The molecule has 0 aliphatic heterocycles. The van der Waals surface area contributed by atoms with Crippen molar-refractivity contribution in [1.29, 1.82) is 0 Å². The van der Waals surface area contributed by atoms with E-state index in [1.807, 2.05) is 0 Å². The lowest BCUT2D eigenvalue weighted by atomic mass is 10.4. The van der Waals surface area contributed by atoms with Crippen molar-refractivity contribution in [2.45, 2.75) is 6.36 Å². The maximum atomic E-state index is 11.7. The van der Waals surface area contributed by atoms with Crippen LogP contribution in [0.3, 0.4) is 0 Å². The van der Waals surface area contributed by atoms with Crippen molar-refractivity contribution in [3.8, 4) is 0 Å². The van der Waals surface area contributed by atoms with Crippen molar-refractivity contribution < 1.29 is 37.0 Å². The zero-order valence-corrected chi connectivity index (χ0v) is 9.95. The first-order valence-corrected chi connectivity index (χ1v) is 4.85. The first kappa shape index (κ1) is 16.6. The van der Waals surface area contributed by atoms with Crippen molar-refractivity contribution in [3.05, 3.63) is 0 Å². The Hall–Kier alpha value is -1.35. The second kappa shape index (κ2) is 7.88. The van der Waals surface area contributed by atoms with Crippen LogP contribution in [0.1, 0.15) is 0 Å². The summed E-state index contributed by atoms with van der Waals surface area (Å²) in [6, 6.07) is 0. The van der Waals surface area contributed by atoms with Gasteiger partial charge in [-0.2, -0.15) is 0 Å². The Labute approximate surface area is 102 Å². The van der Waals surface area contributed by atoms with Gasteiger partial charge in [0.05, 0.1) is 33.9 Å². The van der Waals surface area contributed by atoms with Gasteiger partial charge in [0.25, 0.3) is 0 Å². The maximum absolute atomic E-state index is 11.7. The van der Waals surface area contributed by atoms with Gasteiger partial charge in [-0.3, -0.25) is 19.2 Å². The number of hydrogen-bond donors (Lipinski definition) is 0. The van der Waals surface area contributed by atoms with Gasteiger partial charge in [0.15, 0.2) is 0 Å². The molecule has 0 heterocycles. The van der Waals surface area contributed by atoms with Crippen molar-refractivity contribution in [3.63, 3.8) is 0 Å². The average molecular weight is 273 g/mol. The lowest BCUT2D eigenvalue weighted by Crippen LogP contribution is -2.38. The zero-order chi connectivity index (χ0) is 14.2. The summed E-state index contributed by atoms with van der Waals surface area (Å²) in [5, 5.41) is 0. The fourth-order valence-corrected chi connectivity index (χ4v) is 0.999. The minimum atomic E-state index is -4.75. The molecule has 0 saturated heterocycles. The molecule has 0 rings (SSSR count). The summed E-state index contributed by atoms with van der Waals surface area (Å²) < 4.78 is 47.5. The number of methoxy groups -OCH3 is 2. The van der Waals surface area contributed by atoms with E-state index >= 15 is 0 Å². The van der Waals surface area contributed by atoms with Crippen LogP contribution in [0.25, 0.3) is 0 Å². The van der Waals surface area contributed by atoms with Crippen LogP contribution in [0.4, 0.5) is 13.2 Å². The van der Waals surface area contributed by atoms with E-state index in [9.17, 15) is 22.8 Å². The molecule has 9 heteroatoms. The van der Waals surface area contributed by atoms with E-state index in [1.54, 1.807) is 0 Å². The SMILES string of the molecule is COC(=O)CN(CCOC(F)(F)F)CC(=O)OC. The van der Waals surface area contributed by atoms with Crippen LogP contribution >= 0.6 is 0 Å². The van der Waals surface area contributed by atoms with E-state index < -0.39 is 24.9 Å². The Morgan fingerprint density at radius 2 is 1.50 bits per heavy atom. The van der Waals surface area contributed by atoms with Gasteiger partial charge in [0.1, 0.15) is 0 Å². The minimum absolute atomic E-state index is 0.260. The molecule has 0 bridgehead atoms. The highest BCUT2D eigenvalue weighted by molar-refractivity contribution is 5.74. The van der Waals surface area contributed by atoms with E-state index in [4.69, 9.17) is 0 Å². The van der Waals surface area contributed by atoms with Crippen LogP contribution in [-0.2, 0) is 23.8 Å². The lowest BCUT2D eigenvalue weighted by Gasteiger charge is -2.19. The molecule has 0 atom stereocenters.